The highest BCUT2D eigenvalue weighted by Crippen LogP contribution is 2.36. The molecular weight excluding hydrogens is 432 g/mol. The van der Waals surface area contributed by atoms with Crippen molar-refractivity contribution in [2.75, 3.05) is 6.54 Å². The maximum absolute atomic E-state index is 13.7. The monoisotopic (exact) mass is 453 g/mol. The summed E-state index contributed by atoms with van der Waals surface area (Å²) in [5.41, 5.74) is 0.313. The summed E-state index contributed by atoms with van der Waals surface area (Å²) < 4.78 is 32.9. The SMILES string of the molecule is CC(C)(O)c1nc(C(F)F)c(C(=O)N2CCc3[nH]cnc3[C@H]2c2ccc3ccccc3n2)o1. The number of oxazole rings is 1. The number of amides is 1. The second kappa shape index (κ2) is 7.73. The molecule has 33 heavy (non-hydrogen) atoms. The van der Waals surface area contributed by atoms with Gasteiger partial charge in [-0.25, -0.2) is 18.7 Å². The van der Waals surface area contributed by atoms with Crippen LogP contribution >= 0.6 is 0 Å². The van der Waals surface area contributed by atoms with Gasteiger partial charge in [-0.15, -0.1) is 0 Å². The van der Waals surface area contributed by atoms with Crippen molar-refractivity contribution in [2.24, 2.45) is 0 Å². The molecule has 4 heterocycles. The Kier molecular flexibility index (Phi) is 4.97. The summed E-state index contributed by atoms with van der Waals surface area (Å²) in [4.78, 5) is 30.9. The minimum Gasteiger partial charge on any atom is -0.432 e. The molecule has 3 aromatic heterocycles. The van der Waals surface area contributed by atoms with Crippen LogP contribution in [0.25, 0.3) is 10.9 Å². The van der Waals surface area contributed by atoms with Crippen LogP contribution < -0.4 is 0 Å². The second-order valence-corrected chi connectivity index (χ2v) is 8.44. The molecule has 0 radical (unpaired) electrons. The standard InChI is InChI=1S/C23H21F2N5O3/c1-23(2,32)22-29-17(20(24)25)19(33-22)21(31)30-10-9-14-16(27-11-26-14)18(30)15-8-7-12-5-3-4-6-13(12)28-15/h3-8,11,18,20,32H,9-10H2,1-2H3,(H,26,27)/t18-/m1/s1. The van der Waals surface area contributed by atoms with Crippen LogP contribution in [0.4, 0.5) is 8.78 Å². The number of imidazole rings is 1. The Labute approximate surface area is 187 Å². The third kappa shape index (κ3) is 3.66. The van der Waals surface area contributed by atoms with E-state index in [2.05, 4.69) is 15.0 Å². The maximum Gasteiger partial charge on any atom is 0.292 e. The highest BCUT2D eigenvalue weighted by molar-refractivity contribution is 5.93. The molecule has 1 atom stereocenters. The Morgan fingerprint density at radius 1 is 1.24 bits per heavy atom. The van der Waals surface area contributed by atoms with Crippen LogP contribution in [-0.2, 0) is 12.0 Å². The lowest BCUT2D eigenvalue weighted by Gasteiger charge is -2.34. The average Bonchev–Trinajstić information content (AvgIpc) is 3.45. The van der Waals surface area contributed by atoms with Crippen molar-refractivity contribution in [3.63, 3.8) is 0 Å². The first-order chi connectivity index (χ1) is 15.7. The summed E-state index contributed by atoms with van der Waals surface area (Å²) in [5.74, 6) is -1.70. The van der Waals surface area contributed by atoms with Gasteiger partial charge in [-0.3, -0.25) is 9.78 Å². The van der Waals surface area contributed by atoms with E-state index in [0.717, 1.165) is 16.6 Å². The summed E-state index contributed by atoms with van der Waals surface area (Å²) >= 11 is 0. The zero-order valence-corrected chi connectivity index (χ0v) is 17.9. The van der Waals surface area contributed by atoms with Crippen LogP contribution in [0.2, 0.25) is 0 Å². The van der Waals surface area contributed by atoms with Crippen molar-refractivity contribution in [1.82, 2.24) is 24.8 Å². The molecule has 10 heteroatoms. The molecular formula is C23H21F2N5O3. The molecule has 2 N–H and O–H groups in total. The van der Waals surface area contributed by atoms with Crippen molar-refractivity contribution < 1.29 is 23.1 Å². The van der Waals surface area contributed by atoms with Crippen molar-refractivity contribution in [3.8, 4) is 0 Å². The molecule has 0 fully saturated rings. The number of aromatic amines is 1. The van der Waals surface area contributed by atoms with E-state index in [-0.39, 0.29) is 12.4 Å². The summed E-state index contributed by atoms with van der Waals surface area (Å²) in [7, 11) is 0. The lowest BCUT2D eigenvalue weighted by atomic mass is 9.98. The van der Waals surface area contributed by atoms with E-state index < -0.39 is 35.4 Å². The van der Waals surface area contributed by atoms with Gasteiger partial charge >= 0.3 is 0 Å². The number of rotatable bonds is 4. The lowest BCUT2D eigenvalue weighted by Crippen LogP contribution is -2.41. The van der Waals surface area contributed by atoms with Gasteiger partial charge in [-0.05, 0) is 26.0 Å². The van der Waals surface area contributed by atoms with Crippen LogP contribution in [0.3, 0.4) is 0 Å². The van der Waals surface area contributed by atoms with Gasteiger partial charge in [0.2, 0.25) is 11.7 Å². The molecule has 0 aliphatic carbocycles. The number of nitrogens with zero attached hydrogens (tertiary/aromatic N) is 4. The fourth-order valence-electron chi connectivity index (χ4n) is 4.05. The number of hydrogen-bond acceptors (Lipinski definition) is 6. The van der Waals surface area contributed by atoms with Gasteiger partial charge in [0.1, 0.15) is 11.6 Å². The fourth-order valence-corrected chi connectivity index (χ4v) is 4.05. The number of hydrogen-bond donors (Lipinski definition) is 2. The molecule has 5 rings (SSSR count). The predicted octanol–water partition coefficient (Wildman–Crippen LogP) is 3.90. The molecule has 0 saturated carbocycles. The van der Waals surface area contributed by atoms with Gasteiger partial charge in [0.05, 0.1) is 23.2 Å². The number of alkyl halides is 2. The highest BCUT2D eigenvalue weighted by atomic mass is 19.3. The summed E-state index contributed by atoms with van der Waals surface area (Å²) in [6.07, 6.45) is -1.05. The molecule has 0 spiro atoms. The van der Waals surface area contributed by atoms with Crippen molar-refractivity contribution in [3.05, 3.63) is 77.2 Å². The fraction of sp³-hybridized carbons (Fsp3) is 0.304. The smallest absolute Gasteiger partial charge is 0.292 e. The normalized spacial score (nSPS) is 16.4. The number of nitrogens with one attached hydrogen (secondary N) is 1. The van der Waals surface area contributed by atoms with E-state index in [1.165, 1.54) is 25.1 Å². The molecule has 1 aliphatic rings. The quantitative estimate of drug-likeness (QED) is 0.485. The topological polar surface area (TPSA) is 108 Å². The summed E-state index contributed by atoms with van der Waals surface area (Å²) in [5, 5.41) is 11.1. The Balaban J connectivity index is 1.62. The van der Waals surface area contributed by atoms with Crippen LogP contribution in [-0.4, -0.2) is 42.4 Å². The molecule has 8 nitrogen and oxygen atoms in total. The Morgan fingerprint density at radius 3 is 2.79 bits per heavy atom. The third-order valence-electron chi connectivity index (χ3n) is 5.66. The van der Waals surface area contributed by atoms with E-state index in [1.54, 1.807) is 6.07 Å². The average molecular weight is 453 g/mol. The number of aliphatic hydroxyl groups is 1. The number of aromatic nitrogens is 4. The van der Waals surface area contributed by atoms with Crippen LogP contribution in [0, 0.1) is 0 Å². The van der Waals surface area contributed by atoms with E-state index in [9.17, 15) is 18.7 Å². The van der Waals surface area contributed by atoms with E-state index in [0.29, 0.717) is 17.8 Å². The summed E-state index contributed by atoms with van der Waals surface area (Å²) in [6.45, 7) is 2.93. The van der Waals surface area contributed by atoms with Gasteiger partial charge in [0.25, 0.3) is 12.3 Å². The number of fused-ring (bicyclic) bond motifs is 2. The Bertz CT molecular complexity index is 1340. The van der Waals surface area contributed by atoms with Crippen molar-refractivity contribution in [2.45, 2.75) is 38.3 Å². The van der Waals surface area contributed by atoms with E-state index in [1.807, 2.05) is 30.3 Å². The van der Waals surface area contributed by atoms with E-state index >= 15 is 0 Å². The van der Waals surface area contributed by atoms with Crippen molar-refractivity contribution in [1.29, 1.82) is 0 Å². The van der Waals surface area contributed by atoms with Gasteiger partial charge in [-0.1, -0.05) is 24.3 Å². The zero-order valence-electron chi connectivity index (χ0n) is 17.9. The van der Waals surface area contributed by atoms with Gasteiger partial charge in [0.15, 0.2) is 5.69 Å². The first-order valence-electron chi connectivity index (χ1n) is 10.4. The Hall–Kier alpha value is -3.66. The second-order valence-electron chi connectivity index (χ2n) is 8.44. The van der Waals surface area contributed by atoms with Gasteiger partial charge < -0.3 is 19.4 Å². The molecule has 1 aromatic carbocycles. The summed E-state index contributed by atoms with van der Waals surface area (Å²) in [6, 6.07) is 10.5. The third-order valence-corrected chi connectivity index (χ3v) is 5.66. The first kappa shape index (κ1) is 21.2. The van der Waals surface area contributed by atoms with Crippen LogP contribution in [0.15, 0.2) is 47.1 Å². The molecule has 1 amide bonds. The van der Waals surface area contributed by atoms with Crippen LogP contribution in [0.1, 0.15) is 65.5 Å². The largest absolute Gasteiger partial charge is 0.432 e. The number of pyridine rings is 1. The maximum atomic E-state index is 13.7. The number of benzene rings is 1. The molecule has 0 bridgehead atoms. The molecule has 4 aromatic rings. The Morgan fingerprint density at radius 2 is 2.03 bits per heavy atom. The number of carbonyl (C=O) groups excluding carboxylic acids is 1. The predicted molar refractivity (Wildman–Crippen MR) is 114 cm³/mol. The van der Waals surface area contributed by atoms with Crippen LogP contribution in [0.5, 0.6) is 0 Å². The number of halogens is 2. The highest BCUT2D eigenvalue weighted by Gasteiger charge is 2.40. The van der Waals surface area contributed by atoms with Gasteiger partial charge in [0, 0.05) is 24.0 Å². The minimum absolute atomic E-state index is 0.231. The van der Waals surface area contributed by atoms with Gasteiger partial charge in [-0.2, -0.15) is 0 Å². The number of carbonyl (C=O) groups is 1. The molecule has 0 unspecified atom stereocenters. The first-order valence-corrected chi connectivity index (χ1v) is 10.4. The molecule has 1 aliphatic heterocycles. The minimum atomic E-state index is -3.05. The molecule has 0 saturated heterocycles. The molecule has 170 valence electrons. The lowest BCUT2D eigenvalue weighted by molar-refractivity contribution is 0.0440. The number of para-hydroxylation sites is 1. The van der Waals surface area contributed by atoms with Crippen molar-refractivity contribution >= 4 is 16.8 Å². The van der Waals surface area contributed by atoms with E-state index in [4.69, 9.17) is 9.40 Å². The number of H-pyrrole nitrogens is 1. The zero-order chi connectivity index (χ0) is 23.3.